The second kappa shape index (κ2) is 5.82. The lowest BCUT2D eigenvalue weighted by molar-refractivity contribution is 0.129. The van der Waals surface area contributed by atoms with Crippen LogP contribution in [0.5, 0.6) is 0 Å². The van der Waals surface area contributed by atoms with E-state index in [0.29, 0.717) is 5.56 Å². The van der Waals surface area contributed by atoms with Gasteiger partial charge in [-0.2, -0.15) is 0 Å². The van der Waals surface area contributed by atoms with Gasteiger partial charge in [0.25, 0.3) is 0 Å². The normalized spacial score (nSPS) is 13.9. The van der Waals surface area contributed by atoms with Crippen molar-refractivity contribution in [3.63, 3.8) is 0 Å². The highest BCUT2D eigenvalue weighted by Crippen LogP contribution is 2.16. The van der Waals surface area contributed by atoms with Crippen LogP contribution in [0.25, 0.3) is 0 Å². The van der Waals surface area contributed by atoms with E-state index in [1.165, 1.54) is 0 Å². The average Bonchev–Trinajstić information content (AvgIpc) is 2.25. The topological polar surface area (TPSA) is 66.4 Å². The number of benzene rings is 1. The Balaban J connectivity index is 2.87. The first kappa shape index (κ1) is 15.1. The van der Waals surface area contributed by atoms with Gasteiger partial charge in [-0.3, -0.25) is 0 Å². The van der Waals surface area contributed by atoms with E-state index < -0.39 is 16.1 Å². The van der Waals surface area contributed by atoms with Gasteiger partial charge in [0.15, 0.2) is 0 Å². The van der Waals surface area contributed by atoms with Crippen LogP contribution in [-0.2, 0) is 10.0 Å². The predicted octanol–water partition coefficient (Wildman–Crippen LogP) is 1.60. The van der Waals surface area contributed by atoms with Gasteiger partial charge in [0, 0.05) is 6.54 Å². The lowest BCUT2D eigenvalue weighted by atomic mass is 10.1. The lowest BCUT2D eigenvalue weighted by Crippen LogP contribution is -2.35. The van der Waals surface area contributed by atoms with Crippen LogP contribution in [-0.4, -0.2) is 26.2 Å². The molecule has 1 rings (SSSR count). The van der Waals surface area contributed by atoms with Gasteiger partial charge in [-0.05, 0) is 31.4 Å². The summed E-state index contributed by atoms with van der Waals surface area (Å²) in [5.74, 6) is 0.0202. The van der Waals surface area contributed by atoms with Crippen LogP contribution in [0.15, 0.2) is 23.1 Å². The highest BCUT2D eigenvalue weighted by Gasteiger charge is 2.19. The zero-order valence-corrected chi connectivity index (χ0v) is 12.1. The highest BCUT2D eigenvalue weighted by molar-refractivity contribution is 7.89. The van der Waals surface area contributed by atoms with E-state index in [0.717, 1.165) is 5.56 Å². The van der Waals surface area contributed by atoms with Crippen molar-refractivity contribution >= 4 is 10.0 Å². The van der Waals surface area contributed by atoms with E-state index in [2.05, 4.69) is 4.72 Å². The van der Waals surface area contributed by atoms with Gasteiger partial charge < -0.3 is 5.11 Å². The van der Waals surface area contributed by atoms with Gasteiger partial charge in [0.05, 0.1) is 11.0 Å². The Hall–Kier alpha value is -0.910. The molecule has 0 spiro atoms. The Morgan fingerprint density at radius 1 is 1.28 bits per heavy atom. The third-order valence-electron chi connectivity index (χ3n) is 2.87. The summed E-state index contributed by atoms with van der Waals surface area (Å²) in [4.78, 5) is 0.268. The molecule has 1 unspecified atom stereocenters. The molecule has 0 heterocycles. The van der Waals surface area contributed by atoms with E-state index in [1.807, 2.05) is 26.8 Å². The average molecular weight is 271 g/mol. The molecule has 0 bridgehead atoms. The molecule has 5 heteroatoms. The first-order valence-corrected chi connectivity index (χ1v) is 7.47. The molecule has 4 nitrogen and oxygen atoms in total. The molecule has 1 aromatic rings. The van der Waals surface area contributed by atoms with Crippen LogP contribution < -0.4 is 4.72 Å². The summed E-state index contributed by atoms with van der Waals surface area (Å²) in [6.45, 7) is 7.40. The highest BCUT2D eigenvalue weighted by atomic mass is 32.2. The summed E-state index contributed by atoms with van der Waals surface area (Å²) >= 11 is 0. The van der Waals surface area contributed by atoms with Crippen LogP contribution in [0.1, 0.15) is 25.0 Å². The summed E-state index contributed by atoms with van der Waals surface area (Å²) in [5, 5.41) is 9.62. The van der Waals surface area contributed by atoms with Crippen LogP contribution >= 0.6 is 0 Å². The van der Waals surface area contributed by atoms with E-state index in [-0.39, 0.29) is 17.4 Å². The number of rotatable bonds is 5. The maximum absolute atomic E-state index is 12.1. The zero-order chi connectivity index (χ0) is 13.9. The minimum absolute atomic E-state index is 0.0202. The number of hydrogen-bond donors (Lipinski definition) is 2. The fourth-order valence-corrected chi connectivity index (χ4v) is 2.89. The minimum Gasteiger partial charge on any atom is -0.391 e. The van der Waals surface area contributed by atoms with Crippen molar-refractivity contribution in [1.29, 1.82) is 0 Å². The first-order chi connectivity index (χ1) is 8.24. The van der Waals surface area contributed by atoms with Gasteiger partial charge in [0.1, 0.15) is 0 Å². The SMILES string of the molecule is Cc1ccc(S(=O)(=O)NCC(O)C(C)C)c(C)c1. The van der Waals surface area contributed by atoms with E-state index in [1.54, 1.807) is 19.1 Å². The monoisotopic (exact) mass is 271 g/mol. The van der Waals surface area contributed by atoms with Gasteiger partial charge >= 0.3 is 0 Å². The minimum atomic E-state index is -3.55. The van der Waals surface area contributed by atoms with Crippen LogP contribution in [0.3, 0.4) is 0 Å². The molecule has 102 valence electrons. The molecule has 0 amide bonds. The lowest BCUT2D eigenvalue weighted by Gasteiger charge is -2.16. The molecule has 0 saturated carbocycles. The summed E-state index contributed by atoms with van der Waals surface area (Å²) in [6.07, 6.45) is -0.675. The number of aryl methyl sites for hydroxylation is 2. The van der Waals surface area contributed by atoms with E-state index in [4.69, 9.17) is 0 Å². The molecule has 1 aromatic carbocycles. The molecule has 2 N–H and O–H groups in total. The van der Waals surface area contributed by atoms with Crippen molar-refractivity contribution in [2.45, 2.75) is 38.7 Å². The van der Waals surface area contributed by atoms with Crippen LogP contribution in [0.4, 0.5) is 0 Å². The molecule has 0 fully saturated rings. The summed E-state index contributed by atoms with van der Waals surface area (Å²) in [6, 6.07) is 5.18. The predicted molar refractivity (Wildman–Crippen MR) is 71.9 cm³/mol. The van der Waals surface area contributed by atoms with Crippen molar-refractivity contribution in [3.05, 3.63) is 29.3 Å². The Labute approximate surface area is 109 Å². The molecule has 0 aliphatic carbocycles. The number of aliphatic hydroxyl groups is 1. The second-order valence-corrected chi connectivity index (χ2v) is 6.67. The number of nitrogens with one attached hydrogen (secondary N) is 1. The quantitative estimate of drug-likeness (QED) is 0.855. The molecular formula is C13H21NO3S. The maximum Gasteiger partial charge on any atom is 0.240 e. The molecule has 0 saturated heterocycles. The molecule has 0 aliphatic rings. The Kier molecular flexibility index (Phi) is 4.90. The fraction of sp³-hybridized carbons (Fsp3) is 0.538. The van der Waals surface area contributed by atoms with Crippen LogP contribution in [0, 0.1) is 19.8 Å². The first-order valence-electron chi connectivity index (χ1n) is 5.99. The van der Waals surface area contributed by atoms with Crippen molar-refractivity contribution in [2.75, 3.05) is 6.54 Å². The van der Waals surface area contributed by atoms with Gasteiger partial charge in [-0.25, -0.2) is 13.1 Å². The smallest absolute Gasteiger partial charge is 0.240 e. The molecule has 18 heavy (non-hydrogen) atoms. The van der Waals surface area contributed by atoms with Gasteiger partial charge in [-0.1, -0.05) is 31.5 Å². The fourth-order valence-electron chi connectivity index (χ4n) is 1.61. The summed E-state index contributed by atoms with van der Waals surface area (Å²) in [5.41, 5.74) is 1.73. The van der Waals surface area contributed by atoms with E-state index >= 15 is 0 Å². The Morgan fingerprint density at radius 3 is 2.39 bits per heavy atom. The second-order valence-electron chi connectivity index (χ2n) is 4.93. The summed E-state index contributed by atoms with van der Waals surface area (Å²) < 4.78 is 26.6. The third kappa shape index (κ3) is 3.80. The standard InChI is InChI=1S/C13H21NO3S/c1-9(2)12(15)8-14-18(16,17)13-6-5-10(3)7-11(13)4/h5-7,9,12,14-15H,8H2,1-4H3. The number of hydrogen-bond acceptors (Lipinski definition) is 3. The van der Waals surface area contributed by atoms with Crippen LogP contribution in [0.2, 0.25) is 0 Å². The number of sulfonamides is 1. The molecule has 1 atom stereocenters. The Bertz CT molecular complexity index is 509. The van der Waals surface area contributed by atoms with Crippen molar-refractivity contribution in [1.82, 2.24) is 4.72 Å². The maximum atomic E-state index is 12.1. The van der Waals surface area contributed by atoms with Crippen molar-refractivity contribution in [2.24, 2.45) is 5.92 Å². The molecule has 0 radical (unpaired) electrons. The number of aliphatic hydroxyl groups excluding tert-OH is 1. The summed E-state index contributed by atoms with van der Waals surface area (Å²) in [7, 11) is -3.55. The van der Waals surface area contributed by atoms with Crippen molar-refractivity contribution < 1.29 is 13.5 Å². The molecule has 0 aromatic heterocycles. The molecule has 0 aliphatic heterocycles. The van der Waals surface area contributed by atoms with Gasteiger partial charge in [-0.15, -0.1) is 0 Å². The Morgan fingerprint density at radius 2 is 1.89 bits per heavy atom. The third-order valence-corrected chi connectivity index (χ3v) is 4.46. The van der Waals surface area contributed by atoms with Crippen molar-refractivity contribution in [3.8, 4) is 0 Å². The zero-order valence-electron chi connectivity index (χ0n) is 11.3. The molecular weight excluding hydrogens is 250 g/mol. The largest absolute Gasteiger partial charge is 0.391 e. The van der Waals surface area contributed by atoms with Gasteiger partial charge in [0.2, 0.25) is 10.0 Å². The van der Waals surface area contributed by atoms with E-state index in [9.17, 15) is 13.5 Å².